The van der Waals surface area contributed by atoms with Crippen LogP contribution in [0.3, 0.4) is 0 Å². The van der Waals surface area contributed by atoms with Crippen LogP contribution in [0.25, 0.3) is 11.0 Å². The van der Waals surface area contributed by atoms with Crippen LogP contribution in [0.5, 0.6) is 0 Å². The Bertz CT molecular complexity index is 1280. The van der Waals surface area contributed by atoms with Crippen molar-refractivity contribution in [2.45, 2.75) is 17.3 Å². The van der Waals surface area contributed by atoms with Gasteiger partial charge in [0.15, 0.2) is 5.82 Å². The Morgan fingerprint density at radius 1 is 1.00 bits per heavy atom. The number of hydrogen-bond donors (Lipinski definition) is 0. The summed E-state index contributed by atoms with van der Waals surface area (Å²) < 4.78 is 12.0. The monoisotopic (exact) mass is 491 g/mol. The minimum Gasteiger partial charge on any atom is -0.353 e. The number of nitrogens with zero attached hydrogens (tertiary/aromatic N) is 7. The topological polar surface area (TPSA) is 88.0 Å². The minimum absolute atomic E-state index is 0.606. The molecule has 0 N–H and O–H groups in total. The first-order valence-electron chi connectivity index (χ1n) is 11.1. The number of fused-ring (bicyclic) bond motifs is 1. The Morgan fingerprint density at radius 2 is 1.79 bits per heavy atom. The molecule has 8 nitrogen and oxygen atoms in total. The molecule has 0 bridgehead atoms. The van der Waals surface area contributed by atoms with Crippen LogP contribution in [-0.4, -0.2) is 60.8 Å². The number of benzene rings is 1. The summed E-state index contributed by atoms with van der Waals surface area (Å²) in [7, 11) is 1.20. The van der Waals surface area contributed by atoms with E-state index in [1.165, 1.54) is 5.56 Å². The molecule has 0 atom stereocenters. The predicted octanol–water partition coefficient (Wildman–Crippen LogP) is 3.31. The van der Waals surface area contributed by atoms with Gasteiger partial charge in [0, 0.05) is 67.1 Å². The number of aromatic nitrogens is 5. The van der Waals surface area contributed by atoms with Crippen molar-refractivity contribution in [3.63, 3.8) is 0 Å². The maximum Gasteiger partial charge on any atom is 0.228 e. The van der Waals surface area contributed by atoms with Crippen LogP contribution in [-0.2, 0) is 23.1 Å². The largest absolute Gasteiger partial charge is 0.353 e. The predicted molar refractivity (Wildman–Crippen MR) is 138 cm³/mol. The fourth-order valence-electron chi connectivity index (χ4n) is 3.81. The van der Waals surface area contributed by atoms with Gasteiger partial charge in [-0.25, -0.2) is 15.0 Å². The number of pyridine rings is 1. The average Bonchev–Trinajstić information content (AvgIpc) is 2.88. The third-order valence-electron chi connectivity index (χ3n) is 5.60. The molecule has 0 unspecified atom stereocenters. The lowest BCUT2D eigenvalue weighted by Crippen LogP contribution is -2.38. The van der Waals surface area contributed by atoms with Crippen molar-refractivity contribution < 1.29 is 4.21 Å². The lowest BCUT2D eigenvalue weighted by atomic mass is 10.2. The second kappa shape index (κ2) is 10.4. The van der Waals surface area contributed by atoms with Gasteiger partial charge in [-0.05, 0) is 17.2 Å². The molecule has 1 aliphatic rings. The quantitative estimate of drug-likeness (QED) is 0.285. The van der Waals surface area contributed by atoms with Crippen molar-refractivity contribution >= 4 is 45.4 Å². The zero-order chi connectivity index (χ0) is 23.3. The lowest BCUT2D eigenvalue weighted by molar-refractivity contribution is 0.672. The molecular formula is C24H25N7OS2. The first kappa shape index (κ1) is 22.7. The van der Waals surface area contributed by atoms with E-state index in [-0.39, 0.29) is 0 Å². The number of hydrogen-bond acceptors (Lipinski definition) is 9. The molecule has 1 aliphatic heterocycles. The molecule has 0 saturated carbocycles. The Morgan fingerprint density at radius 3 is 2.56 bits per heavy atom. The van der Waals surface area contributed by atoms with Gasteiger partial charge in [-0.1, -0.05) is 48.2 Å². The molecule has 0 spiro atoms. The van der Waals surface area contributed by atoms with E-state index in [9.17, 15) is 4.21 Å². The zero-order valence-corrected chi connectivity index (χ0v) is 20.5. The van der Waals surface area contributed by atoms with E-state index >= 15 is 0 Å². The van der Waals surface area contributed by atoms with Crippen molar-refractivity contribution in [3.05, 3.63) is 72.3 Å². The van der Waals surface area contributed by atoms with Crippen molar-refractivity contribution in [1.29, 1.82) is 0 Å². The molecule has 0 aliphatic carbocycles. The molecule has 1 saturated heterocycles. The molecule has 1 aromatic carbocycles. The van der Waals surface area contributed by atoms with Gasteiger partial charge < -0.3 is 9.80 Å². The van der Waals surface area contributed by atoms with Gasteiger partial charge in [-0.2, -0.15) is 4.98 Å². The van der Waals surface area contributed by atoms with Gasteiger partial charge in [0.2, 0.25) is 5.95 Å². The molecule has 34 heavy (non-hydrogen) atoms. The van der Waals surface area contributed by atoms with Gasteiger partial charge in [0.05, 0.1) is 0 Å². The summed E-state index contributed by atoms with van der Waals surface area (Å²) in [6.45, 7) is 1.99. The Kier molecular flexibility index (Phi) is 6.96. The zero-order valence-electron chi connectivity index (χ0n) is 18.9. The maximum atomic E-state index is 12.0. The molecule has 4 aromatic rings. The highest BCUT2D eigenvalue weighted by molar-refractivity contribution is 7.98. The second-order valence-corrected chi connectivity index (χ2v) is 10.7. The van der Waals surface area contributed by atoms with E-state index < -0.39 is 10.8 Å². The third kappa shape index (κ3) is 5.18. The van der Waals surface area contributed by atoms with Crippen molar-refractivity contribution in [3.8, 4) is 0 Å². The first-order valence-corrected chi connectivity index (χ1v) is 13.5. The third-order valence-corrected chi connectivity index (χ3v) is 7.92. The van der Waals surface area contributed by atoms with Gasteiger partial charge in [0.1, 0.15) is 22.4 Å². The van der Waals surface area contributed by atoms with Crippen LogP contribution in [0.15, 0.2) is 66.2 Å². The molecule has 3 aromatic heterocycles. The van der Waals surface area contributed by atoms with E-state index in [2.05, 4.69) is 32.0 Å². The summed E-state index contributed by atoms with van der Waals surface area (Å²) in [6.07, 6.45) is 5.20. The summed E-state index contributed by atoms with van der Waals surface area (Å²) in [6, 6.07) is 14.3. The highest BCUT2D eigenvalue weighted by Crippen LogP contribution is 2.32. The van der Waals surface area contributed by atoms with Crippen LogP contribution < -0.4 is 9.80 Å². The Labute approximate surface area is 205 Å². The molecule has 1 fully saturated rings. The molecule has 0 amide bonds. The Hall–Kier alpha value is -3.11. The van der Waals surface area contributed by atoms with Gasteiger partial charge in [-0.15, -0.1) is 0 Å². The van der Waals surface area contributed by atoms with E-state index in [0.29, 0.717) is 37.1 Å². The molecule has 5 rings (SSSR count). The molecular weight excluding hydrogens is 466 g/mol. The summed E-state index contributed by atoms with van der Waals surface area (Å²) in [5, 5.41) is 0.828. The summed E-state index contributed by atoms with van der Waals surface area (Å²) in [4.78, 5) is 27.4. The van der Waals surface area contributed by atoms with Gasteiger partial charge in [-0.3, -0.25) is 9.19 Å². The average molecular weight is 492 g/mol. The van der Waals surface area contributed by atoms with E-state index in [1.807, 2.05) is 48.5 Å². The highest BCUT2D eigenvalue weighted by Gasteiger charge is 2.23. The standard InChI is InChI=1S/C24H25N7OS2/c1-30(15-19-8-5-9-25-14-19)24-28-21-20(22(29-24)31-10-12-34(32)13-11-31)26-17-27-23(21)33-16-18-6-3-2-4-7-18/h2-9,14,17H,10-13,15-16H2,1H3. The molecule has 174 valence electrons. The van der Waals surface area contributed by atoms with Gasteiger partial charge >= 0.3 is 0 Å². The maximum absolute atomic E-state index is 12.0. The van der Waals surface area contributed by atoms with Crippen molar-refractivity contribution in [2.75, 3.05) is 41.4 Å². The molecule has 0 radical (unpaired) electrons. The van der Waals surface area contributed by atoms with Crippen LogP contribution in [0.2, 0.25) is 0 Å². The summed E-state index contributed by atoms with van der Waals surface area (Å²) in [5.41, 5.74) is 3.78. The number of rotatable bonds is 7. The smallest absolute Gasteiger partial charge is 0.228 e. The van der Waals surface area contributed by atoms with E-state index in [1.54, 1.807) is 24.3 Å². The first-order chi connectivity index (χ1) is 16.7. The van der Waals surface area contributed by atoms with Crippen molar-refractivity contribution in [1.82, 2.24) is 24.9 Å². The molecule has 4 heterocycles. The van der Waals surface area contributed by atoms with E-state index in [4.69, 9.17) is 9.97 Å². The normalized spacial score (nSPS) is 14.4. The second-order valence-electron chi connectivity index (χ2n) is 8.05. The SMILES string of the molecule is CN(Cc1cccnc1)c1nc(N2CCS(=O)CC2)c2ncnc(SCc3ccccc3)c2n1. The fraction of sp³-hybridized carbons (Fsp3) is 0.292. The Balaban J connectivity index is 1.53. The van der Waals surface area contributed by atoms with Crippen molar-refractivity contribution in [2.24, 2.45) is 0 Å². The lowest BCUT2D eigenvalue weighted by Gasteiger charge is -2.29. The molecule has 10 heteroatoms. The highest BCUT2D eigenvalue weighted by atomic mass is 32.2. The minimum atomic E-state index is -0.777. The number of thioether (sulfide) groups is 1. The van der Waals surface area contributed by atoms with E-state index in [0.717, 1.165) is 33.2 Å². The van der Waals surface area contributed by atoms with Crippen LogP contribution in [0, 0.1) is 0 Å². The fourth-order valence-corrected chi connectivity index (χ4v) is 5.76. The summed E-state index contributed by atoms with van der Waals surface area (Å²) in [5.74, 6) is 3.43. The number of anilines is 2. The van der Waals surface area contributed by atoms with Crippen LogP contribution >= 0.6 is 11.8 Å². The summed E-state index contributed by atoms with van der Waals surface area (Å²) >= 11 is 1.65. The van der Waals surface area contributed by atoms with Gasteiger partial charge in [0.25, 0.3) is 0 Å². The van der Waals surface area contributed by atoms with Crippen LogP contribution in [0.1, 0.15) is 11.1 Å². The van der Waals surface area contributed by atoms with Crippen LogP contribution in [0.4, 0.5) is 11.8 Å².